The largest absolute Gasteiger partial charge is 0.480 e. The molecule has 6 heteroatoms. The summed E-state index contributed by atoms with van der Waals surface area (Å²) in [5, 5.41) is 7.99. The van der Waals surface area contributed by atoms with Crippen LogP contribution in [0.1, 0.15) is 31.0 Å². The van der Waals surface area contributed by atoms with Gasteiger partial charge in [0, 0.05) is 17.3 Å². The fourth-order valence-electron chi connectivity index (χ4n) is 1.95. The van der Waals surface area contributed by atoms with Crippen molar-refractivity contribution in [2.24, 2.45) is 0 Å². The third kappa shape index (κ3) is 2.78. The number of nitrogens with zero attached hydrogens (tertiary/aromatic N) is 3. The molecule has 2 aromatic heterocycles. The van der Waals surface area contributed by atoms with E-state index >= 15 is 0 Å². The van der Waals surface area contributed by atoms with Gasteiger partial charge in [-0.1, -0.05) is 26.1 Å². The number of methoxy groups -OCH3 is 1. The van der Waals surface area contributed by atoms with E-state index in [4.69, 9.17) is 17.0 Å². The minimum atomic E-state index is 0.340. The molecule has 0 fully saturated rings. The Morgan fingerprint density at radius 3 is 2.47 bits per heavy atom. The van der Waals surface area contributed by atoms with Gasteiger partial charge in [-0.15, -0.1) is 10.2 Å². The van der Waals surface area contributed by atoms with Crippen molar-refractivity contribution in [2.45, 2.75) is 26.7 Å². The second-order valence-electron chi connectivity index (χ2n) is 4.54. The van der Waals surface area contributed by atoms with Crippen LogP contribution in [0.15, 0.2) is 12.1 Å². The lowest BCUT2D eigenvalue weighted by Crippen LogP contribution is -2.03. The lowest BCUT2D eigenvalue weighted by Gasteiger charge is -2.11. The second kappa shape index (κ2) is 5.44. The van der Waals surface area contributed by atoms with Crippen LogP contribution >= 0.6 is 12.2 Å². The van der Waals surface area contributed by atoms with E-state index in [1.54, 1.807) is 19.2 Å². The van der Waals surface area contributed by atoms with Crippen molar-refractivity contribution in [1.29, 1.82) is 0 Å². The lowest BCUT2D eigenvalue weighted by atomic mass is 10.0. The predicted octanol–water partition coefficient (Wildman–Crippen LogP) is 3.04. The highest BCUT2D eigenvalue weighted by molar-refractivity contribution is 7.71. The Morgan fingerprint density at radius 1 is 1.26 bits per heavy atom. The summed E-state index contributed by atoms with van der Waals surface area (Å²) >= 11 is 5.35. The molecule has 19 heavy (non-hydrogen) atoms. The molecule has 0 bridgehead atoms. The number of H-pyrrole nitrogens is 1. The van der Waals surface area contributed by atoms with Crippen LogP contribution in [0.2, 0.25) is 0 Å². The van der Waals surface area contributed by atoms with Crippen LogP contribution in [-0.4, -0.2) is 27.3 Å². The van der Waals surface area contributed by atoms with Gasteiger partial charge in [-0.25, -0.2) is 4.98 Å². The van der Waals surface area contributed by atoms with Crippen molar-refractivity contribution in [2.75, 3.05) is 7.11 Å². The standard InChI is InChI=1S/C13H16N4OS/c1-7(2)11-8(3)14-12(15-13(11)19)9-5-6-10(18-4)17-16-9/h5-7H,1-4H3,(H,14,15,19). The number of aryl methyl sites for hydroxylation is 1. The molecule has 100 valence electrons. The third-order valence-electron chi connectivity index (χ3n) is 2.82. The summed E-state index contributed by atoms with van der Waals surface area (Å²) in [7, 11) is 1.55. The van der Waals surface area contributed by atoms with Crippen LogP contribution in [0.25, 0.3) is 11.5 Å². The van der Waals surface area contributed by atoms with Crippen molar-refractivity contribution in [1.82, 2.24) is 20.2 Å². The normalized spacial score (nSPS) is 10.8. The molecule has 0 spiro atoms. The zero-order valence-electron chi connectivity index (χ0n) is 11.4. The summed E-state index contributed by atoms with van der Waals surface area (Å²) in [5.74, 6) is 1.44. The fraction of sp³-hybridized carbons (Fsp3) is 0.385. The molecule has 0 aliphatic heterocycles. The molecule has 0 unspecified atom stereocenters. The predicted molar refractivity (Wildman–Crippen MR) is 75.8 cm³/mol. The molecule has 2 heterocycles. The van der Waals surface area contributed by atoms with E-state index in [-0.39, 0.29) is 0 Å². The zero-order chi connectivity index (χ0) is 14.0. The highest BCUT2D eigenvalue weighted by atomic mass is 32.1. The number of aromatic amines is 1. The van der Waals surface area contributed by atoms with E-state index in [0.29, 0.717) is 28.0 Å². The SMILES string of the molecule is COc1ccc(-c2nc(=S)c(C(C)C)c(C)[nH]2)nn1. The number of hydrogen-bond acceptors (Lipinski definition) is 5. The molecule has 1 N–H and O–H groups in total. The molecule has 0 aromatic carbocycles. The van der Waals surface area contributed by atoms with Gasteiger partial charge in [-0.2, -0.15) is 0 Å². The Morgan fingerprint density at radius 2 is 2.00 bits per heavy atom. The topological polar surface area (TPSA) is 63.7 Å². The fourth-order valence-corrected chi connectivity index (χ4v) is 2.43. The minimum Gasteiger partial charge on any atom is -0.480 e. The van der Waals surface area contributed by atoms with Crippen LogP contribution < -0.4 is 4.74 Å². The van der Waals surface area contributed by atoms with Gasteiger partial charge in [0.2, 0.25) is 5.88 Å². The average Bonchev–Trinajstić information content (AvgIpc) is 2.37. The van der Waals surface area contributed by atoms with Crippen molar-refractivity contribution >= 4 is 12.2 Å². The molecular formula is C13H16N4OS. The van der Waals surface area contributed by atoms with Crippen LogP contribution in [0.3, 0.4) is 0 Å². The maximum atomic E-state index is 5.35. The Bertz CT molecular complexity index is 634. The first-order valence-electron chi connectivity index (χ1n) is 6.01. The smallest absolute Gasteiger partial charge is 0.233 e. The van der Waals surface area contributed by atoms with Crippen LogP contribution in [-0.2, 0) is 0 Å². The summed E-state index contributed by atoms with van der Waals surface area (Å²) in [6.07, 6.45) is 0. The van der Waals surface area contributed by atoms with Gasteiger partial charge >= 0.3 is 0 Å². The highest BCUT2D eigenvalue weighted by Crippen LogP contribution is 2.21. The first-order valence-corrected chi connectivity index (χ1v) is 6.42. The molecule has 2 rings (SSSR count). The van der Waals surface area contributed by atoms with E-state index in [9.17, 15) is 0 Å². The summed E-state index contributed by atoms with van der Waals surface area (Å²) < 4.78 is 5.59. The molecule has 0 aliphatic carbocycles. The first kappa shape index (κ1) is 13.6. The van der Waals surface area contributed by atoms with Gasteiger partial charge in [-0.05, 0) is 18.9 Å². The quantitative estimate of drug-likeness (QED) is 0.873. The maximum Gasteiger partial charge on any atom is 0.233 e. The van der Waals surface area contributed by atoms with E-state index in [1.807, 2.05) is 6.92 Å². The van der Waals surface area contributed by atoms with Crippen LogP contribution in [0, 0.1) is 11.6 Å². The molecule has 0 saturated heterocycles. The Hall–Kier alpha value is -1.82. The molecule has 5 nitrogen and oxygen atoms in total. The van der Waals surface area contributed by atoms with Gasteiger partial charge in [-0.3, -0.25) is 0 Å². The molecular weight excluding hydrogens is 260 g/mol. The lowest BCUT2D eigenvalue weighted by molar-refractivity contribution is 0.392. The van der Waals surface area contributed by atoms with E-state index in [0.717, 1.165) is 11.3 Å². The van der Waals surface area contributed by atoms with Gasteiger partial charge in [0.1, 0.15) is 10.3 Å². The van der Waals surface area contributed by atoms with Crippen LogP contribution in [0.5, 0.6) is 5.88 Å². The van der Waals surface area contributed by atoms with Crippen molar-refractivity contribution in [3.8, 4) is 17.4 Å². The molecule has 0 saturated carbocycles. The summed E-state index contributed by atoms with van der Waals surface area (Å²) in [4.78, 5) is 7.63. The summed E-state index contributed by atoms with van der Waals surface area (Å²) in [6.45, 7) is 6.19. The molecule has 2 aromatic rings. The number of ether oxygens (including phenoxy) is 1. The van der Waals surface area contributed by atoms with Crippen LogP contribution in [0.4, 0.5) is 0 Å². The van der Waals surface area contributed by atoms with Crippen molar-refractivity contribution in [3.63, 3.8) is 0 Å². The third-order valence-corrected chi connectivity index (χ3v) is 3.13. The van der Waals surface area contributed by atoms with E-state index in [2.05, 4.69) is 34.0 Å². The zero-order valence-corrected chi connectivity index (χ0v) is 12.2. The summed E-state index contributed by atoms with van der Waals surface area (Å²) in [6, 6.07) is 3.54. The highest BCUT2D eigenvalue weighted by Gasteiger charge is 2.11. The number of nitrogens with one attached hydrogen (secondary N) is 1. The van der Waals surface area contributed by atoms with Gasteiger partial charge in [0.15, 0.2) is 5.82 Å². The monoisotopic (exact) mass is 276 g/mol. The van der Waals surface area contributed by atoms with Crippen molar-refractivity contribution < 1.29 is 4.74 Å². The minimum absolute atomic E-state index is 0.340. The summed E-state index contributed by atoms with van der Waals surface area (Å²) in [5.41, 5.74) is 2.73. The Kier molecular flexibility index (Phi) is 3.90. The second-order valence-corrected chi connectivity index (χ2v) is 4.93. The molecule has 0 amide bonds. The van der Waals surface area contributed by atoms with Crippen molar-refractivity contribution in [3.05, 3.63) is 28.0 Å². The molecule has 0 atom stereocenters. The van der Waals surface area contributed by atoms with E-state index in [1.165, 1.54) is 0 Å². The Labute approximate surface area is 117 Å². The molecule has 0 aliphatic rings. The average molecular weight is 276 g/mol. The number of aromatic nitrogens is 4. The first-order chi connectivity index (χ1) is 9.02. The maximum absolute atomic E-state index is 5.35. The van der Waals surface area contributed by atoms with Gasteiger partial charge in [0.25, 0.3) is 0 Å². The number of hydrogen-bond donors (Lipinski definition) is 1. The van der Waals surface area contributed by atoms with Gasteiger partial charge < -0.3 is 9.72 Å². The number of rotatable bonds is 3. The molecule has 0 radical (unpaired) electrons. The Balaban J connectivity index is 2.49. The van der Waals surface area contributed by atoms with E-state index < -0.39 is 0 Å². The van der Waals surface area contributed by atoms with Gasteiger partial charge in [0.05, 0.1) is 7.11 Å².